The lowest BCUT2D eigenvalue weighted by Gasteiger charge is -2.38. The summed E-state index contributed by atoms with van der Waals surface area (Å²) in [6, 6.07) is 2.35. The highest BCUT2D eigenvalue weighted by Crippen LogP contribution is 2.45. The Morgan fingerprint density at radius 1 is 0.903 bits per heavy atom. The standard InChI is InChI=1S/C26H36F4O/c1-2-3-4-5-6-7-18-8-10-19(11-9-18)20-12-14-21(15-13-20)22-16-23(27)25(24(28)17-22)31-26(29)30/h3-4,16-21,26H,2,5-15H2,1H3/b4-3+/t18-,19-,20-,21-. The topological polar surface area (TPSA) is 9.23 Å². The van der Waals surface area contributed by atoms with Crippen molar-refractivity contribution in [3.8, 4) is 5.75 Å². The number of hydrogen-bond donors (Lipinski definition) is 0. The van der Waals surface area contributed by atoms with Crippen molar-refractivity contribution in [1.29, 1.82) is 0 Å². The first-order valence-electron chi connectivity index (χ1n) is 12.1. The van der Waals surface area contributed by atoms with Crippen LogP contribution in [0.5, 0.6) is 5.75 Å². The third kappa shape index (κ3) is 6.98. The van der Waals surface area contributed by atoms with E-state index in [1.807, 2.05) is 0 Å². The van der Waals surface area contributed by atoms with Gasteiger partial charge in [0.25, 0.3) is 0 Å². The molecule has 2 saturated carbocycles. The highest BCUT2D eigenvalue weighted by molar-refractivity contribution is 5.33. The molecule has 0 unspecified atom stereocenters. The van der Waals surface area contributed by atoms with Crippen LogP contribution in [0.3, 0.4) is 0 Å². The van der Waals surface area contributed by atoms with E-state index >= 15 is 0 Å². The molecule has 31 heavy (non-hydrogen) atoms. The number of halogens is 4. The summed E-state index contributed by atoms with van der Waals surface area (Å²) >= 11 is 0. The van der Waals surface area contributed by atoms with Crippen LogP contribution in [0.25, 0.3) is 0 Å². The third-order valence-corrected chi connectivity index (χ3v) is 7.41. The molecule has 0 atom stereocenters. The predicted molar refractivity (Wildman–Crippen MR) is 116 cm³/mol. The summed E-state index contributed by atoms with van der Waals surface area (Å²) in [6.45, 7) is -1.07. The van der Waals surface area contributed by atoms with Gasteiger partial charge in [-0.05, 0) is 99.2 Å². The molecule has 1 nitrogen and oxygen atoms in total. The lowest BCUT2D eigenvalue weighted by atomic mass is 9.68. The second-order valence-electron chi connectivity index (χ2n) is 9.40. The van der Waals surface area contributed by atoms with Crippen LogP contribution in [0.1, 0.15) is 95.5 Å². The number of unbranched alkanes of at least 4 members (excludes halogenated alkanes) is 1. The van der Waals surface area contributed by atoms with Crippen molar-refractivity contribution in [2.75, 3.05) is 0 Å². The molecule has 0 N–H and O–H groups in total. The number of benzene rings is 1. The minimum absolute atomic E-state index is 0.0911. The summed E-state index contributed by atoms with van der Waals surface area (Å²) in [6.07, 6.45) is 18.8. The van der Waals surface area contributed by atoms with E-state index in [4.69, 9.17) is 0 Å². The number of ether oxygens (including phenoxy) is 1. The maximum Gasteiger partial charge on any atom is 0.387 e. The molecule has 5 heteroatoms. The predicted octanol–water partition coefficient (Wildman–Crippen LogP) is 8.78. The molecule has 1 aromatic carbocycles. The lowest BCUT2D eigenvalue weighted by molar-refractivity contribution is -0.0546. The Labute approximate surface area is 184 Å². The number of alkyl halides is 2. The van der Waals surface area contributed by atoms with E-state index in [9.17, 15) is 17.6 Å². The SMILES string of the molecule is CC/C=C/CCC[C@H]1CC[C@H]([C@H]2CC[C@H](c3cc(F)c(OC(F)F)c(F)c3)CC2)CC1. The molecule has 1 aromatic rings. The molecule has 0 heterocycles. The quantitative estimate of drug-likeness (QED) is 0.212. The highest BCUT2D eigenvalue weighted by Gasteiger charge is 2.32. The van der Waals surface area contributed by atoms with Gasteiger partial charge in [0.05, 0.1) is 0 Å². The van der Waals surface area contributed by atoms with Crippen molar-refractivity contribution >= 4 is 0 Å². The Bertz CT molecular complexity index is 678. The largest absolute Gasteiger partial charge is 0.429 e. The number of rotatable bonds is 9. The van der Waals surface area contributed by atoms with Gasteiger partial charge in [-0.3, -0.25) is 0 Å². The molecular formula is C26H36F4O. The molecule has 174 valence electrons. The normalized spacial score (nSPS) is 27.2. The average molecular weight is 441 g/mol. The molecular weight excluding hydrogens is 404 g/mol. The smallest absolute Gasteiger partial charge is 0.387 e. The molecule has 0 saturated heterocycles. The summed E-state index contributed by atoms with van der Waals surface area (Å²) in [5, 5.41) is 0. The summed E-state index contributed by atoms with van der Waals surface area (Å²) in [4.78, 5) is 0. The Hall–Kier alpha value is -1.52. The Morgan fingerprint density at radius 2 is 1.48 bits per heavy atom. The summed E-state index contributed by atoms with van der Waals surface area (Å²) in [7, 11) is 0. The first-order valence-corrected chi connectivity index (χ1v) is 12.1. The van der Waals surface area contributed by atoms with Gasteiger partial charge in [-0.1, -0.05) is 38.3 Å². The van der Waals surface area contributed by atoms with Gasteiger partial charge in [-0.2, -0.15) is 8.78 Å². The minimum Gasteiger partial charge on any atom is -0.429 e. The maximum atomic E-state index is 14.1. The van der Waals surface area contributed by atoms with E-state index in [0.29, 0.717) is 11.5 Å². The minimum atomic E-state index is -3.24. The van der Waals surface area contributed by atoms with Gasteiger partial charge in [0, 0.05) is 0 Å². The fourth-order valence-electron chi connectivity index (χ4n) is 5.70. The maximum absolute atomic E-state index is 14.1. The van der Waals surface area contributed by atoms with Crippen LogP contribution in [0.15, 0.2) is 24.3 Å². The molecule has 0 bridgehead atoms. The third-order valence-electron chi connectivity index (χ3n) is 7.41. The number of allylic oxidation sites excluding steroid dienone is 2. The molecule has 2 aliphatic carbocycles. The summed E-state index contributed by atoms with van der Waals surface area (Å²) < 4.78 is 56.8. The van der Waals surface area contributed by atoms with E-state index in [1.165, 1.54) is 57.1 Å². The molecule has 0 amide bonds. The second-order valence-corrected chi connectivity index (χ2v) is 9.40. The van der Waals surface area contributed by atoms with Crippen molar-refractivity contribution in [3.63, 3.8) is 0 Å². The zero-order valence-electron chi connectivity index (χ0n) is 18.6. The zero-order chi connectivity index (χ0) is 22.2. The van der Waals surface area contributed by atoms with Crippen molar-refractivity contribution in [2.45, 2.75) is 96.5 Å². The zero-order valence-corrected chi connectivity index (χ0v) is 18.6. The molecule has 2 fully saturated rings. The second kappa shape index (κ2) is 11.9. The first kappa shape index (κ1) is 24.1. The molecule has 0 aliphatic heterocycles. The molecule has 0 spiro atoms. The highest BCUT2D eigenvalue weighted by atomic mass is 19.3. The van der Waals surface area contributed by atoms with Crippen LogP contribution in [0.4, 0.5) is 17.6 Å². The number of hydrogen-bond acceptors (Lipinski definition) is 1. The molecule has 0 radical (unpaired) electrons. The molecule has 2 aliphatic rings. The van der Waals surface area contributed by atoms with Crippen LogP contribution < -0.4 is 4.74 Å². The first-order chi connectivity index (χ1) is 15.0. The Balaban J connectivity index is 1.44. The van der Waals surface area contributed by atoms with Gasteiger partial charge in [0.1, 0.15) is 0 Å². The van der Waals surface area contributed by atoms with Crippen LogP contribution in [0, 0.1) is 29.4 Å². The van der Waals surface area contributed by atoms with Crippen molar-refractivity contribution in [1.82, 2.24) is 0 Å². The van der Waals surface area contributed by atoms with Crippen LogP contribution in [-0.4, -0.2) is 6.61 Å². The summed E-state index contributed by atoms with van der Waals surface area (Å²) in [5.74, 6) is -0.600. The van der Waals surface area contributed by atoms with E-state index < -0.39 is 24.0 Å². The lowest BCUT2D eigenvalue weighted by Crippen LogP contribution is -2.25. The average Bonchev–Trinajstić information content (AvgIpc) is 2.76. The molecule has 0 aromatic heterocycles. The van der Waals surface area contributed by atoms with E-state index in [2.05, 4.69) is 23.8 Å². The van der Waals surface area contributed by atoms with Gasteiger partial charge >= 0.3 is 6.61 Å². The van der Waals surface area contributed by atoms with Gasteiger partial charge in [0.15, 0.2) is 17.4 Å². The fraction of sp³-hybridized carbons (Fsp3) is 0.692. The van der Waals surface area contributed by atoms with Gasteiger partial charge in [-0.15, -0.1) is 0 Å². The Kier molecular flexibility index (Phi) is 9.28. The van der Waals surface area contributed by atoms with Gasteiger partial charge in [-0.25, -0.2) is 8.78 Å². The van der Waals surface area contributed by atoms with Crippen LogP contribution >= 0.6 is 0 Å². The van der Waals surface area contributed by atoms with Crippen molar-refractivity contribution in [3.05, 3.63) is 41.5 Å². The van der Waals surface area contributed by atoms with E-state index in [0.717, 1.165) is 43.9 Å². The van der Waals surface area contributed by atoms with E-state index in [1.54, 1.807) is 0 Å². The Morgan fingerprint density at radius 3 is 2.03 bits per heavy atom. The van der Waals surface area contributed by atoms with Crippen molar-refractivity contribution in [2.24, 2.45) is 17.8 Å². The van der Waals surface area contributed by atoms with Gasteiger partial charge < -0.3 is 4.74 Å². The van der Waals surface area contributed by atoms with Crippen LogP contribution in [0.2, 0.25) is 0 Å². The van der Waals surface area contributed by atoms with Gasteiger partial charge in [0.2, 0.25) is 0 Å². The molecule has 3 rings (SSSR count). The fourth-order valence-corrected chi connectivity index (χ4v) is 5.70. The van der Waals surface area contributed by atoms with Crippen molar-refractivity contribution < 1.29 is 22.3 Å². The monoisotopic (exact) mass is 440 g/mol. The van der Waals surface area contributed by atoms with Crippen LogP contribution in [-0.2, 0) is 0 Å². The summed E-state index contributed by atoms with van der Waals surface area (Å²) in [5.41, 5.74) is 0.566. The van der Waals surface area contributed by atoms with E-state index in [-0.39, 0.29) is 5.92 Å².